The van der Waals surface area contributed by atoms with Gasteiger partial charge >= 0.3 is 0 Å². The molecular formula is C26H33N3. The van der Waals surface area contributed by atoms with E-state index in [4.69, 9.17) is 0 Å². The van der Waals surface area contributed by atoms with Crippen LogP contribution in [0.2, 0.25) is 0 Å². The van der Waals surface area contributed by atoms with Gasteiger partial charge < -0.3 is 10.2 Å². The third-order valence-electron chi connectivity index (χ3n) is 8.49. The molecule has 29 heavy (non-hydrogen) atoms. The summed E-state index contributed by atoms with van der Waals surface area (Å²) in [7, 11) is 0. The van der Waals surface area contributed by atoms with E-state index in [0.717, 1.165) is 11.8 Å². The zero-order chi connectivity index (χ0) is 19.3. The molecule has 4 aliphatic rings. The van der Waals surface area contributed by atoms with Crippen LogP contribution in [0.25, 0.3) is 0 Å². The highest BCUT2D eigenvalue weighted by molar-refractivity contribution is 5.52. The van der Waals surface area contributed by atoms with Crippen molar-refractivity contribution in [2.75, 3.05) is 37.6 Å². The fraction of sp³-hybridized carbons (Fsp3) is 0.538. The summed E-state index contributed by atoms with van der Waals surface area (Å²) in [4.78, 5) is 5.64. The van der Waals surface area contributed by atoms with E-state index in [1.165, 1.54) is 70.5 Å². The third-order valence-corrected chi connectivity index (χ3v) is 8.49. The van der Waals surface area contributed by atoms with E-state index in [9.17, 15) is 0 Å². The number of rotatable bonds is 2. The van der Waals surface area contributed by atoms with E-state index in [2.05, 4.69) is 69.7 Å². The first kappa shape index (κ1) is 18.0. The number of hydrogen-bond donors (Lipinski definition) is 1. The lowest BCUT2D eigenvalue weighted by Crippen LogP contribution is -2.57. The van der Waals surface area contributed by atoms with Crippen molar-refractivity contribution >= 4 is 5.69 Å². The molecule has 0 amide bonds. The quantitative estimate of drug-likeness (QED) is 0.831. The highest BCUT2D eigenvalue weighted by Crippen LogP contribution is 2.50. The number of fused-ring (bicyclic) bond motifs is 3. The first-order valence-electron chi connectivity index (χ1n) is 11.7. The molecule has 152 valence electrons. The summed E-state index contributed by atoms with van der Waals surface area (Å²) in [6.45, 7) is 6.13. The van der Waals surface area contributed by atoms with Crippen LogP contribution < -0.4 is 10.2 Å². The summed E-state index contributed by atoms with van der Waals surface area (Å²) < 4.78 is 0. The lowest BCUT2D eigenvalue weighted by atomic mass is 9.74. The van der Waals surface area contributed by atoms with Crippen molar-refractivity contribution < 1.29 is 0 Å². The highest BCUT2D eigenvalue weighted by Gasteiger charge is 2.56. The predicted octanol–water partition coefficient (Wildman–Crippen LogP) is 4.25. The Balaban J connectivity index is 1.27. The van der Waals surface area contributed by atoms with Crippen LogP contribution >= 0.6 is 0 Å². The zero-order valence-corrected chi connectivity index (χ0v) is 17.4. The molecule has 0 bridgehead atoms. The Morgan fingerprint density at radius 2 is 1.69 bits per heavy atom. The van der Waals surface area contributed by atoms with Crippen molar-refractivity contribution in [2.45, 2.75) is 43.7 Å². The van der Waals surface area contributed by atoms with Crippen molar-refractivity contribution in [1.82, 2.24) is 10.2 Å². The fourth-order valence-corrected chi connectivity index (χ4v) is 7.11. The Labute approximate surface area is 175 Å². The molecule has 3 nitrogen and oxygen atoms in total. The third kappa shape index (κ3) is 2.85. The van der Waals surface area contributed by atoms with Crippen molar-refractivity contribution in [3.05, 3.63) is 65.7 Å². The molecule has 1 spiro atoms. The monoisotopic (exact) mass is 387 g/mol. The minimum atomic E-state index is 0.347. The van der Waals surface area contributed by atoms with E-state index >= 15 is 0 Å². The lowest BCUT2D eigenvalue weighted by Gasteiger charge is -2.51. The summed E-state index contributed by atoms with van der Waals surface area (Å²) >= 11 is 0. The van der Waals surface area contributed by atoms with E-state index in [0.29, 0.717) is 11.6 Å². The Hall–Kier alpha value is -1.84. The Morgan fingerprint density at radius 1 is 0.897 bits per heavy atom. The van der Waals surface area contributed by atoms with Gasteiger partial charge in [-0.25, -0.2) is 0 Å². The number of nitrogens with one attached hydrogen (secondary N) is 1. The summed E-state index contributed by atoms with van der Waals surface area (Å²) in [5, 5.41) is 3.72. The Morgan fingerprint density at radius 3 is 2.55 bits per heavy atom. The average Bonchev–Trinajstić information content (AvgIpc) is 3.37. The fourth-order valence-electron chi connectivity index (χ4n) is 7.11. The van der Waals surface area contributed by atoms with Gasteiger partial charge in [0, 0.05) is 55.9 Å². The number of para-hydroxylation sites is 1. The van der Waals surface area contributed by atoms with Crippen LogP contribution in [0.5, 0.6) is 0 Å². The maximum atomic E-state index is 3.72. The van der Waals surface area contributed by atoms with Crippen LogP contribution in [-0.2, 0) is 6.42 Å². The van der Waals surface area contributed by atoms with Crippen LogP contribution in [0.3, 0.4) is 0 Å². The standard InChI is InChI=1S/C26H33N3/c1-2-9-22(10-3-1)29-19-21-17-27-18-24(21)26(29)13-15-28(16-14-26)25-12-6-8-20-7-4-5-11-23(20)25/h1-5,7,9-11,21,24-25,27H,6,8,12-19H2/t21-,24-,25+/m0/s1. The maximum Gasteiger partial charge on any atom is 0.0470 e. The first-order chi connectivity index (χ1) is 14.4. The molecule has 1 aliphatic carbocycles. The van der Waals surface area contributed by atoms with Crippen LogP contribution in [0, 0.1) is 11.8 Å². The molecule has 2 aromatic carbocycles. The van der Waals surface area contributed by atoms with Crippen LogP contribution in [0.15, 0.2) is 54.6 Å². The van der Waals surface area contributed by atoms with Crippen molar-refractivity contribution in [2.24, 2.45) is 11.8 Å². The number of piperidine rings is 1. The Bertz CT molecular complexity index is 855. The van der Waals surface area contributed by atoms with Gasteiger partial charge in [0.05, 0.1) is 0 Å². The van der Waals surface area contributed by atoms with Gasteiger partial charge in [-0.1, -0.05) is 42.5 Å². The van der Waals surface area contributed by atoms with E-state index in [-0.39, 0.29) is 0 Å². The second-order valence-electron chi connectivity index (χ2n) is 9.72. The highest BCUT2D eigenvalue weighted by atomic mass is 15.3. The molecule has 3 heteroatoms. The van der Waals surface area contributed by atoms with E-state index < -0.39 is 0 Å². The molecule has 3 atom stereocenters. The minimum Gasteiger partial charge on any atom is -0.365 e. The van der Waals surface area contributed by atoms with Gasteiger partial charge in [0.15, 0.2) is 0 Å². The molecule has 3 aliphatic heterocycles. The van der Waals surface area contributed by atoms with Gasteiger partial charge in [-0.3, -0.25) is 4.90 Å². The SMILES string of the molecule is c1ccc(N2C[C@@H]3CNC[C@@H]3C23CCN([C@@H]2CCCc4ccccc42)CC3)cc1. The van der Waals surface area contributed by atoms with Crippen LogP contribution in [0.1, 0.15) is 42.9 Å². The summed E-state index contributed by atoms with van der Waals surface area (Å²) in [5.74, 6) is 1.63. The molecule has 3 saturated heterocycles. The minimum absolute atomic E-state index is 0.347. The number of anilines is 1. The summed E-state index contributed by atoms with van der Waals surface area (Å²) in [6.07, 6.45) is 6.56. The molecule has 0 unspecified atom stereocenters. The second kappa shape index (κ2) is 7.14. The topological polar surface area (TPSA) is 18.5 Å². The second-order valence-corrected chi connectivity index (χ2v) is 9.72. The predicted molar refractivity (Wildman–Crippen MR) is 119 cm³/mol. The molecule has 6 rings (SSSR count). The molecule has 1 N–H and O–H groups in total. The van der Waals surface area contributed by atoms with Gasteiger partial charge in [-0.15, -0.1) is 0 Å². The molecule has 3 heterocycles. The van der Waals surface area contributed by atoms with Crippen molar-refractivity contribution in [3.63, 3.8) is 0 Å². The van der Waals surface area contributed by atoms with Crippen LogP contribution in [0.4, 0.5) is 5.69 Å². The normalized spacial score (nSPS) is 31.0. The van der Waals surface area contributed by atoms with Gasteiger partial charge in [0.25, 0.3) is 0 Å². The van der Waals surface area contributed by atoms with Gasteiger partial charge in [0.2, 0.25) is 0 Å². The zero-order valence-electron chi connectivity index (χ0n) is 17.4. The number of likely N-dealkylation sites (tertiary alicyclic amines) is 1. The number of nitrogens with zero attached hydrogens (tertiary/aromatic N) is 2. The average molecular weight is 388 g/mol. The molecule has 0 aromatic heterocycles. The number of benzene rings is 2. The van der Waals surface area contributed by atoms with E-state index in [1.807, 2.05) is 0 Å². The van der Waals surface area contributed by atoms with Crippen LogP contribution in [-0.4, -0.2) is 43.2 Å². The molecule has 2 aromatic rings. The maximum absolute atomic E-state index is 3.72. The largest absolute Gasteiger partial charge is 0.365 e. The van der Waals surface area contributed by atoms with Gasteiger partial charge in [-0.05, 0) is 61.3 Å². The number of aryl methyl sites for hydroxylation is 1. The lowest BCUT2D eigenvalue weighted by molar-refractivity contribution is 0.0880. The van der Waals surface area contributed by atoms with Crippen molar-refractivity contribution in [3.8, 4) is 0 Å². The molecule has 3 fully saturated rings. The summed E-state index contributed by atoms with van der Waals surface area (Å²) in [5.41, 5.74) is 5.00. The van der Waals surface area contributed by atoms with E-state index in [1.54, 1.807) is 11.1 Å². The summed E-state index contributed by atoms with van der Waals surface area (Å²) in [6, 6.07) is 21.1. The van der Waals surface area contributed by atoms with Gasteiger partial charge in [-0.2, -0.15) is 0 Å². The smallest absolute Gasteiger partial charge is 0.0470 e. The first-order valence-corrected chi connectivity index (χ1v) is 11.7. The van der Waals surface area contributed by atoms with Crippen molar-refractivity contribution in [1.29, 1.82) is 0 Å². The molecular weight excluding hydrogens is 354 g/mol. The molecule has 0 saturated carbocycles. The molecule has 0 radical (unpaired) electrons. The van der Waals surface area contributed by atoms with Gasteiger partial charge in [0.1, 0.15) is 0 Å². The Kier molecular flexibility index (Phi) is 4.42. The number of hydrogen-bond acceptors (Lipinski definition) is 3.